The van der Waals surface area contributed by atoms with Gasteiger partial charge in [0.05, 0.1) is 0 Å². The van der Waals surface area contributed by atoms with Gasteiger partial charge in [-0.25, -0.2) is 0 Å². The Morgan fingerprint density at radius 2 is 0.846 bits per heavy atom. The van der Waals surface area contributed by atoms with Crippen LogP contribution in [0.25, 0.3) is 0 Å². The van der Waals surface area contributed by atoms with Crippen LogP contribution in [0.4, 0.5) is 0 Å². The molecule has 0 heterocycles. The molecule has 0 aromatic rings. The van der Waals surface area contributed by atoms with Crippen LogP contribution in [0.15, 0.2) is 0 Å². The molecule has 0 aliphatic carbocycles. The average molecular weight is 237 g/mol. The zero-order valence-electron chi connectivity index (χ0n) is 10.6. The number of hydrogen-bond acceptors (Lipinski definition) is 0. The first-order valence-electron chi connectivity index (χ1n) is 6.19. The predicted octanol–water partition coefficient (Wildman–Crippen LogP) is 4.83. The summed E-state index contributed by atoms with van der Waals surface area (Å²) in [7, 11) is 0. The average Bonchev–Trinajstić information content (AvgIpc) is 1.80. The molecule has 0 atom stereocenters. The Hall–Kier alpha value is 0.623. The Balaban J connectivity index is 3.87. The van der Waals surface area contributed by atoms with E-state index in [1.165, 1.54) is 0 Å². The van der Waals surface area contributed by atoms with Crippen LogP contribution in [0.5, 0.6) is 0 Å². The zero-order chi connectivity index (χ0) is 10.4. The zero-order valence-corrected chi connectivity index (χ0v) is 13.5. The fraction of sp³-hybridized carbons (Fsp3) is 1.00. The summed E-state index contributed by atoms with van der Waals surface area (Å²) in [6.45, 7) is 14.4. The third kappa shape index (κ3) is 8.94. The molecule has 0 aromatic heterocycles. The Morgan fingerprint density at radius 3 is 1.00 bits per heavy atom. The van der Waals surface area contributed by atoms with Crippen molar-refractivity contribution in [1.82, 2.24) is 0 Å². The van der Waals surface area contributed by atoms with Crippen molar-refractivity contribution in [1.29, 1.82) is 0 Å². The summed E-state index contributed by atoms with van der Waals surface area (Å²) in [5.41, 5.74) is 0. The second-order valence-corrected chi connectivity index (χ2v) is 14.2. The molecule has 0 unspecified atom stereocenters. The molecular formula is C12H27Zn. The maximum absolute atomic E-state index is 2.39. The molecule has 0 rings (SSSR count). The quantitative estimate of drug-likeness (QED) is 0.580. The van der Waals surface area contributed by atoms with Gasteiger partial charge in [0.25, 0.3) is 0 Å². The van der Waals surface area contributed by atoms with E-state index in [0.717, 1.165) is 17.8 Å². The first-order valence-corrected chi connectivity index (χ1v) is 12.5. The van der Waals surface area contributed by atoms with E-state index in [1.54, 1.807) is 15.0 Å². The Morgan fingerprint density at radius 1 is 0.615 bits per heavy atom. The molecule has 0 saturated carbocycles. The van der Waals surface area contributed by atoms with Crippen molar-refractivity contribution in [2.45, 2.75) is 56.6 Å². The molecular weight excluding hydrogens is 210 g/mol. The first kappa shape index (κ1) is 13.6. The number of rotatable bonds is 6. The van der Waals surface area contributed by atoms with E-state index >= 15 is 0 Å². The molecule has 13 heavy (non-hydrogen) atoms. The van der Waals surface area contributed by atoms with Crippen LogP contribution < -0.4 is 0 Å². The third-order valence-electron chi connectivity index (χ3n) is 2.96. The van der Waals surface area contributed by atoms with Crippen LogP contribution in [0.2, 0.25) is 15.0 Å². The summed E-state index contributed by atoms with van der Waals surface area (Å²) in [5, 5.41) is 4.86. The van der Waals surface area contributed by atoms with E-state index in [-0.39, 0.29) is 0 Å². The molecule has 0 fully saturated rings. The normalized spacial score (nSPS) is 11.8. The van der Waals surface area contributed by atoms with Crippen LogP contribution in [0.3, 0.4) is 0 Å². The van der Waals surface area contributed by atoms with Crippen molar-refractivity contribution < 1.29 is 16.0 Å². The molecule has 0 bridgehead atoms. The Bertz CT molecular complexity index is 92.5. The van der Waals surface area contributed by atoms with E-state index in [2.05, 4.69) is 41.5 Å². The van der Waals surface area contributed by atoms with Gasteiger partial charge in [-0.05, 0) is 0 Å². The van der Waals surface area contributed by atoms with Gasteiger partial charge < -0.3 is 0 Å². The van der Waals surface area contributed by atoms with Gasteiger partial charge in [0.2, 0.25) is 0 Å². The fourth-order valence-electron chi connectivity index (χ4n) is 2.80. The van der Waals surface area contributed by atoms with Crippen LogP contribution in [0, 0.1) is 17.8 Å². The molecule has 0 aliphatic rings. The van der Waals surface area contributed by atoms with Gasteiger partial charge in [0.1, 0.15) is 0 Å². The van der Waals surface area contributed by atoms with E-state index in [4.69, 9.17) is 0 Å². The van der Waals surface area contributed by atoms with E-state index in [9.17, 15) is 0 Å². The summed E-state index contributed by atoms with van der Waals surface area (Å²) in [6.07, 6.45) is 0. The van der Waals surface area contributed by atoms with Crippen molar-refractivity contribution in [2.75, 3.05) is 0 Å². The minimum absolute atomic E-state index is 0.956. The maximum atomic E-state index is 2.39. The molecule has 0 amide bonds. The SMILES string of the molecule is CC(C)[CH2][Zn]([CH2]C(C)C)[CH2]C(C)C. The second-order valence-electron chi connectivity index (χ2n) is 6.11. The minimum atomic E-state index is -1.09. The molecule has 0 spiro atoms. The summed E-state index contributed by atoms with van der Waals surface area (Å²) >= 11 is -1.09. The summed E-state index contributed by atoms with van der Waals surface area (Å²) in [6, 6.07) is 0. The summed E-state index contributed by atoms with van der Waals surface area (Å²) in [5.74, 6) is 2.87. The summed E-state index contributed by atoms with van der Waals surface area (Å²) < 4.78 is 0. The van der Waals surface area contributed by atoms with Crippen LogP contribution >= 0.6 is 0 Å². The van der Waals surface area contributed by atoms with Gasteiger partial charge in [0, 0.05) is 0 Å². The second kappa shape index (κ2) is 6.99. The van der Waals surface area contributed by atoms with Crippen molar-refractivity contribution in [3.05, 3.63) is 0 Å². The molecule has 0 nitrogen and oxygen atoms in total. The molecule has 77 valence electrons. The third-order valence-corrected chi connectivity index (χ3v) is 15.4. The van der Waals surface area contributed by atoms with Crippen LogP contribution in [-0.2, 0) is 16.0 Å². The molecule has 0 radical (unpaired) electrons. The Kier molecular flexibility index (Phi) is 7.32. The van der Waals surface area contributed by atoms with Gasteiger partial charge in [0.15, 0.2) is 0 Å². The van der Waals surface area contributed by atoms with Crippen molar-refractivity contribution in [3.8, 4) is 0 Å². The van der Waals surface area contributed by atoms with Gasteiger partial charge in [-0.2, -0.15) is 0 Å². The fourth-order valence-corrected chi connectivity index (χ4v) is 14.6. The first-order chi connectivity index (χ1) is 5.91. The van der Waals surface area contributed by atoms with Crippen molar-refractivity contribution in [2.24, 2.45) is 17.8 Å². The van der Waals surface area contributed by atoms with Gasteiger partial charge in [-0.3, -0.25) is 0 Å². The molecule has 0 N–H and O–H groups in total. The molecule has 0 saturated heterocycles. The molecule has 0 aliphatic heterocycles. The van der Waals surface area contributed by atoms with E-state index in [1.807, 2.05) is 0 Å². The van der Waals surface area contributed by atoms with Gasteiger partial charge in [-0.1, -0.05) is 0 Å². The van der Waals surface area contributed by atoms with E-state index < -0.39 is 16.0 Å². The Labute approximate surface area is 90.4 Å². The van der Waals surface area contributed by atoms with Crippen LogP contribution in [0.1, 0.15) is 41.5 Å². The van der Waals surface area contributed by atoms with Crippen molar-refractivity contribution >= 4 is 0 Å². The standard InChI is InChI=1S/3C4H9.Zn/c3*1-4(2)3;/h3*4H,1H2,2-3H3;. The van der Waals surface area contributed by atoms with Gasteiger partial charge in [-0.15, -0.1) is 0 Å². The van der Waals surface area contributed by atoms with Crippen LogP contribution in [-0.4, -0.2) is 0 Å². The summed E-state index contributed by atoms with van der Waals surface area (Å²) in [4.78, 5) is 0. The topological polar surface area (TPSA) is 0 Å². The predicted molar refractivity (Wildman–Crippen MR) is 58.9 cm³/mol. The van der Waals surface area contributed by atoms with E-state index in [0.29, 0.717) is 0 Å². The molecule has 0 aromatic carbocycles. The molecule has 1 heteroatoms. The number of hydrogen-bond donors (Lipinski definition) is 0. The van der Waals surface area contributed by atoms with Crippen molar-refractivity contribution in [3.63, 3.8) is 0 Å². The monoisotopic (exact) mass is 235 g/mol. The van der Waals surface area contributed by atoms with Gasteiger partial charge >= 0.3 is 90.3 Å².